The summed E-state index contributed by atoms with van der Waals surface area (Å²) in [5.74, 6) is 0. The first-order valence-corrected chi connectivity index (χ1v) is 6.65. The van der Waals surface area contributed by atoms with E-state index < -0.39 is 0 Å². The van der Waals surface area contributed by atoms with E-state index in [0.29, 0.717) is 10.2 Å². The minimum atomic E-state index is 0.395. The largest absolute Gasteiger partial charge is 0.0890 e. The fourth-order valence-electron chi connectivity index (χ4n) is 2.55. The molecule has 2 rings (SSSR count). The monoisotopic (exact) mass is 266 g/mol. The normalized spacial score (nSPS) is 30.8. The highest BCUT2D eigenvalue weighted by Crippen LogP contribution is 2.43. The summed E-state index contributed by atoms with van der Waals surface area (Å²) in [6.45, 7) is 6.80. The van der Waals surface area contributed by atoms with Crippen LogP contribution < -0.4 is 0 Å². The molecule has 1 aliphatic carbocycles. The van der Waals surface area contributed by atoms with Crippen molar-refractivity contribution in [2.75, 3.05) is 0 Å². The van der Waals surface area contributed by atoms with Crippen LogP contribution in [0, 0.1) is 13.8 Å². The second-order valence-electron chi connectivity index (χ2n) is 5.20. The van der Waals surface area contributed by atoms with E-state index in [0.717, 1.165) is 0 Å². The van der Waals surface area contributed by atoms with Gasteiger partial charge in [0.25, 0.3) is 0 Å². The van der Waals surface area contributed by atoms with Gasteiger partial charge in [0.05, 0.1) is 0 Å². The molecule has 0 nitrogen and oxygen atoms in total. The number of aryl methyl sites for hydroxylation is 2. The highest BCUT2D eigenvalue weighted by molar-refractivity contribution is 9.09. The Morgan fingerprint density at radius 2 is 2.00 bits per heavy atom. The molecule has 0 amide bonds. The third-order valence-electron chi connectivity index (χ3n) is 3.89. The van der Waals surface area contributed by atoms with E-state index in [1.807, 2.05) is 0 Å². The Labute approximate surface area is 101 Å². The average Bonchev–Trinajstić information content (AvgIpc) is 2.52. The van der Waals surface area contributed by atoms with Gasteiger partial charge in [-0.15, -0.1) is 0 Å². The maximum absolute atomic E-state index is 3.74. The van der Waals surface area contributed by atoms with Crippen molar-refractivity contribution in [3.8, 4) is 0 Å². The SMILES string of the molecule is Cc1ccc(C2(C)CCC(Br)C2)cc1C. The van der Waals surface area contributed by atoms with Crippen molar-refractivity contribution in [2.45, 2.75) is 50.3 Å². The lowest BCUT2D eigenvalue weighted by Crippen LogP contribution is -2.18. The molecule has 1 saturated carbocycles. The van der Waals surface area contributed by atoms with E-state index in [1.54, 1.807) is 0 Å². The van der Waals surface area contributed by atoms with Crippen LogP contribution in [0.5, 0.6) is 0 Å². The van der Waals surface area contributed by atoms with Crippen molar-refractivity contribution in [3.63, 3.8) is 0 Å². The lowest BCUT2D eigenvalue weighted by Gasteiger charge is -2.25. The second kappa shape index (κ2) is 3.93. The van der Waals surface area contributed by atoms with Gasteiger partial charge in [0.2, 0.25) is 0 Å². The number of hydrogen-bond donors (Lipinski definition) is 0. The van der Waals surface area contributed by atoms with Crippen LogP contribution in [0.4, 0.5) is 0 Å². The summed E-state index contributed by atoms with van der Waals surface area (Å²) in [6, 6.07) is 6.95. The highest BCUT2D eigenvalue weighted by Gasteiger charge is 2.35. The van der Waals surface area contributed by atoms with Crippen molar-refractivity contribution in [3.05, 3.63) is 34.9 Å². The summed E-state index contributed by atoms with van der Waals surface area (Å²) in [6.07, 6.45) is 3.89. The standard InChI is InChI=1S/C14H19Br/c1-10-4-5-12(8-11(10)2)14(3)7-6-13(15)9-14/h4-5,8,13H,6-7,9H2,1-3H3. The van der Waals surface area contributed by atoms with Gasteiger partial charge in [-0.2, -0.15) is 0 Å². The van der Waals surface area contributed by atoms with Crippen LogP contribution in [0.15, 0.2) is 18.2 Å². The molecule has 1 fully saturated rings. The van der Waals surface area contributed by atoms with Gasteiger partial charge in [0.1, 0.15) is 0 Å². The number of rotatable bonds is 1. The smallest absolute Gasteiger partial charge is 0.0154 e. The van der Waals surface area contributed by atoms with Crippen molar-refractivity contribution in [1.82, 2.24) is 0 Å². The first-order chi connectivity index (χ1) is 7.01. The molecule has 0 radical (unpaired) electrons. The van der Waals surface area contributed by atoms with Crippen LogP contribution in [0.1, 0.15) is 42.9 Å². The molecule has 0 aliphatic heterocycles. The Morgan fingerprint density at radius 1 is 1.27 bits per heavy atom. The van der Waals surface area contributed by atoms with E-state index >= 15 is 0 Å². The predicted molar refractivity (Wildman–Crippen MR) is 69.8 cm³/mol. The van der Waals surface area contributed by atoms with Gasteiger partial charge in [0, 0.05) is 4.83 Å². The van der Waals surface area contributed by atoms with Crippen LogP contribution in [-0.2, 0) is 5.41 Å². The van der Waals surface area contributed by atoms with Crippen LogP contribution in [-0.4, -0.2) is 4.83 Å². The molecular formula is C14H19Br. The van der Waals surface area contributed by atoms with E-state index in [1.165, 1.54) is 36.0 Å². The molecule has 2 unspecified atom stereocenters. The summed E-state index contributed by atoms with van der Waals surface area (Å²) in [7, 11) is 0. The van der Waals surface area contributed by atoms with E-state index in [-0.39, 0.29) is 0 Å². The van der Waals surface area contributed by atoms with Gasteiger partial charge < -0.3 is 0 Å². The van der Waals surface area contributed by atoms with E-state index in [9.17, 15) is 0 Å². The zero-order valence-corrected chi connectivity index (χ0v) is 11.4. The molecule has 82 valence electrons. The molecule has 1 heteroatoms. The van der Waals surface area contributed by atoms with Crippen LogP contribution in [0.2, 0.25) is 0 Å². The lowest BCUT2D eigenvalue weighted by atomic mass is 9.80. The van der Waals surface area contributed by atoms with Gasteiger partial charge in [-0.1, -0.05) is 41.1 Å². The Kier molecular flexibility index (Phi) is 2.94. The molecule has 0 spiro atoms. The van der Waals surface area contributed by atoms with Gasteiger partial charge >= 0.3 is 0 Å². The molecule has 0 bridgehead atoms. The van der Waals surface area contributed by atoms with Crippen LogP contribution in [0.3, 0.4) is 0 Å². The van der Waals surface area contributed by atoms with Gasteiger partial charge in [-0.05, 0) is 55.2 Å². The Morgan fingerprint density at radius 3 is 2.53 bits per heavy atom. The van der Waals surface area contributed by atoms with Crippen LogP contribution in [0.25, 0.3) is 0 Å². The third kappa shape index (κ3) is 2.13. The fraction of sp³-hybridized carbons (Fsp3) is 0.571. The first kappa shape index (κ1) is 11.2. The molecule has 0 heterocycles. The van der Waals surface area contributed by atoms with Crippen molar-refractivity contribution >= 4 is 15.9 Å². The topological polar surface area (TPSA) is 0 Å². The van der Waals surface area contributed by atoms with Crippen molar-refractivity contribution in [2.24, 2.45) is 0 Å². The molecule has 2 atom stereocenters. The lowest BCUT2D eigenvalue weighted by molar-refractivity contribution is 0.492. The van der Waals surface area contributed by atoms with Gasteiger partial charge in [0.15, 0.2) is 0 Å². The number of halogens is 1. The molecular weight excluding hydrogens is 248 g/mol. The molecule has 1 aromatic rings. The summed E-state index contributed by atoms with van der Waals surface area (Å²) in [5, 5.41) is 0. The number of hydrogen-bond acceptors (Lipinski definition) is 0. The molecule has 0 saturated heterocycles. The molecule has 15 heavy (non-hydrogen) atoms. The number of alkyl halides is 1. The molecule has 0 N–H and O–H groups in total. The van der Waals surface area contributed by atoms with Gasteiger partial charge in [-0.25, -0.2) is 0 Å². The zero-order valence-electron chi connectivity index (χ0n) is 9.81. The Balaban J connectivity index is 2.33. The summed E-state index contributed by atoms with van der Waals surface area (Å²) in [5.41, 5.74) is 4.74. The first-order valence-electron chi connectivity index (χ1n) is 5.73. The fourth-order valence-corrected chi connectivity index (χ4v) is 3.49. The predicted octanol–water partition coefficient (Wildman–Crippen LogP) is 4.51. The van der Waals surface area contributed by atoms with E-state index in [2.05, 4.69) is 54.9 Å². The molecule has 0 aromatic heterocycles. The number of benzene rings is 1. The van der Waals surface area contributed by atoms with Crippen LogP contribution >= 0.6 is 15.9 Å². The summed E-state index contributed by atoms with van der Waals surface area (Å²) < 4.78 is 0. The minimum Gasteiger partial charge on any atom is -0.0890 e. The van der Waals surface area contributed by atoms with E-state index in [4.69, 9.17) is 0 Å². The minimum absolute atomic E-state index is 0.395. The summed E-state index contributed by atoms with van der Waals surface area (Å²) in [4.78, 5) is 0.712. The average molecular weight is 267 g/mol. The molecule has 1 aromatic carbocycles. The summed E-state index contributed by atoms with van der Waals surface area (Å²) >= 11 is 3.74. The van der Waals surface area contributed by atoms with Gasteiger partial charge in [-0.3, -0.25) is 0 Å². The second-order valence-corrected chi connectivity index (χ2v) is 6.49. The Hall–Kier alpha value is -0.300. The zero-order chi connectivity index (χ0) is 11.1. The maximum atomic E-state index is 3.74. The maximum Gasteiger partial charge on any atom is 0.0154 e. The van der Waals surface area contributed by atoms with Crippen molar-refractivity contribution in [1.29, 1.82) is 0 Å². The highest BCUT2D eigenvalue weighted by atomic mass is 79.9. The van der Waals surface area contributed by atoms with Crippen molar-refractivity contribution < 1.29 is 0 Å². The Bertz CT molecular complexity index is 370. The molecule has 1 aliphatic rings. The third-order valence-corrected chi connectivity index (χ3v) is 4.67. The quantitative estimate of drug-likeness (QED) is 0.657.